The fraction of sp³-hybridized carbons (Fsp3) is 0.136. The van der Waals surface area contributed by atoms with Crippen LogP contribution in [0.2, 0.25) is 0 Å². The number of aromatic nitrogens is 2. The van der Waals surface area contributed by atoms with Gasteiger partial charge in [0.1, 0.15) is 5.84 Å². The van der Waals surface area contributed by atoms with Crippen molar-refractivity contribution in [1.82, 2.24) is 9.78 Å². The van der Waals surface area contributed by atoms with E-state index in [4.69, 9.17) is 14.9 Å². The number of fused-ring (bicyclic) bond motifs is 1. The van der Waals surface area contributed by atoms with Crippen LogP contribution in [0.3, 0.4) is 0 Å². The van der Waals surface area contributed by atoms with Gasteiger partial charge >= 0.3 is 0 Å². The highest BCUT2D eigenvalue weighted by atomic mass is 16.3. The molecule has 0 atom stereocenters. The van der Waals surface area contributed by atoms with Crippen molar-refractivity contribution < 1.29 is 9.90 Å². The Labute approximate surface area is 162 Å². The summed E-state index contributed by atoms with van der Waals surface area (Å²) >= 11 is 0. The molecule has 0 saturated heterocycles. The molecule has 1 aliphatic heterocycles. The number of hydrogen-bond acceptors (Lipinski definition) is 3. The number of aryl methyl sites for hydroxylation is 1. The molecule has 0 aliphatic carbocycles. The second-order valence-electron chi connectivity index (χ2n) is 6.45. The SMILES string of the molecule is O=CO.c1cc2c3c(cccc3c1)C(=NCCCn1ncc3ccccc31)N2. The van der Waals surface area contributed by atoms with Crippen LogP contribution in [0.1, 0.15) is 12.0 Å². The molecule has 28 heavy (non-hydrogen) atoms. The summed E-state index contributed by atoms with van der Waals surface area (Å²) in [5.74, 6) is 0.983. The minimum Gasteiger partial charge on any atom is -0.483 e. The molecule has 0 amide bonds. The van der Waals surface area contributed by atoms with E-state index in [-0.39, 0.29) is 6.47 Å². The lowest BCUT2D eigenvalue weighted by Crippen LogP contribution is -2.09. The highest BCUT2D eigenvalue weighted by molar-refractivity contribution is 6.25. The van der Waals surface area contributed by atoms with Gasteiger partial charge in [0.2, 0.25) is 0 Å². The van der Waals surface area contributed by atoms with Gasteiger partial charge in [0, 0.05) is 35.1 Å². The maximum Gasteiger partial charge on any atom is 0.290 e. The van der Waals surface area contributed by atoms with Crippen molar-refractivity contribution in [2.75, 3.05) is 11.9 Å². The zero-order valence-corrected chi connectivity index (χ0v) is 15.2. The topological polar surface area (TPSA) is 79.5 Å². The standard InChI is InChI=1S/C21H18N4.CH2O2/c1-2-11-19-16(6-1)14-23-25(19)13-5-12-22-21-17-9-3-7-15-8-4-10-18(24-21)20(15)17;2-1-3/h1-4,6-11,14H,5,12-13H2,(H,22,24);1H,(H,2,3). The van der Waals surface area contributed by atoms with Gasteiger partial charge in [-0.25, -0.2) is 0 Å². The zero-order chi connectivity index (χ0) is 19.3. The molecular weight excluding hydrogens is 352 g/mol. The molecule has 4 aromatic rings. The average Bonchev–Trinajstić information content (AvgIpc) is 3.29. The lowest BCUT2D eigenvalue weighted by Gasteiger charge is -2.04. The molecule has 0 spiro atoms. The second-order valence-corrected chi connectivity index (χ2v) is 6.45. The van der Waals surface area contributed by atoms with Crippen LogP contribution in [-0.2, 0) is 11.3 Å². The van der Waals surface area contributed by atoms with E-state index >= 15 is 0 Å². The zero-order valence-electron chi connectivity index (χ0n) is 15.2. The summed E-state index contributed by atoms with van der Waals surface area (Å²) in [7, 11) is 0. The minimum atomic E-state index is -0.250. The van der Waals surface area contributed by atoms with Gasteiger partial charge in [0.05, 0.1) is 11.7 Å². The quantitative estimate of drug-likeness (QED) is 0.417. The number of benzene rings is 3. The first-order valence-electron chi connectivity index (χ1n) is 9.14. The molecule has 140 valence electrons. The normalized spacial score (nSPS) is 13.4. The number of amidine groups is 1. The summed E-state index contributed by atoms with van der Waals surface area (Å²) in [6, 6.07) is 21.1. The third-order valence-corrected chi connectivity index (χ3v) is 4.76. The van der Waals surface area contributed by atoms with Crippen LogP contribution < -0.4 is 5.32 Å². The molecule has 6 heteroatoms. The minimum absolute atomic E-state index is 0.250. The molecule has 0 fully saturated rings. The molecule has 3 aromatic carbocycles. The Kier molecular flexibility index (Phi) is 5.01. The van der Waals surface area contributed by atoms with Crippen molar-refractivity contribution in [3.05, 3.63) is 72.4 Å². The Hall–Kier alpha value is -3.67. The van der Waals surface area contributed by atoms with Crippen molar-refractivity contribution in [3.8, 4) is 0 Å². The van der Waals surface area contributed by atoms with E-state index < -0.39 is 0 Å². The highest BCUT2D eigenvalue weighted by Crippen LogP contribution is 2.32. The van der Waals surface area contributed by atoms with Crippen LogP contribution in [0.5, 0.6) is 0 Å². The number of nitrogens with one attached hydrogen (secondary N) is 1. The smallest absolute Gasteiger partial charge is 0.290 e. The molecule has 2 N–H and O–H groups in total. The predicted molar refractivity (Wildman–Crippen MR) is 112 cm³/mol. The van der Waals surface area contributed by atoms with E-state index in [0.717, 1.165) is 31.0 Å². The Morgan fingerprint density at radius 2 is 1.79 bits per heavy atom. The first kappa shape index (κ1) is 17.7. The van der Waals surface area contributed by atoms with Gasteiger partial charge in [-0.3, -0.25) is 14.5 Å². The Bertz CT molecular complexity index is 1160. The molecule has 0 bridgehead atoms. The first-order valence-corrected chi connectivity index (χ1v) is 9.14. The fourth-order valence-corrected chi connectivity index (χ4v) is 3.58. The van der Waals surface area contributed by atoms with Gasteiger partial charge in [-0.05, 0) is 23.9 Å². The van der Waals surface area contributed by atoms with Gasteiger partial charge in [-0.2, -0.15) is 5.10 Å². The number of aliphatic imine (C=N–C) groups is 1. The molecule has 1 aromatic heterocycles. The molecule has 1 aliphatic rings. The summed E-state index contributed by atoms with van der Waals surface area (Å²) in [4.78, 5) is 13.2. The van der Waals surface area contributed by atoms with E-state index in [1.807, 2.05) is 12.3 Å². The number of hydrogen-bond donors (Lipinski definition) is 2. The van der Waals surface area contributed by atoms with E-state index in [1.165, 1.54) is 27.2 Å². The van der Waals surface area contributed by atoms with Gasteiger partial charge in [0.15, 0.2) is 0 Å². The van der Waals surface area contributed by atoms with Gasteiger partial charge in [-0.1, -0.05) is 48.5 Å². The van der Waals surface area contributed by atoms with E-state index in [9.17, 15) is 0 Å². The molecule has 0 saturated carbocycles. The van der Waals surface area contributed by atoms with Gasteiger partial charge in [0.25, 0.3) is 6.47 Å². The predicted octanol–water partition coefficient (Wildman–Crippen LogP) is 4.15. The fourth-order valence-electron chi connectivity index (χ4n) is 3.58. The van der Waals surface area contributed by atoms with Crippen LogP contribution in [0.25, 0.3) is 21.7 Å². The average molecular weight is 372 g/mol. The molecule has 2 heterocycles. The van der Waals surface area contributed by atoms with Crippen molar-refractivity contribution in [3.63, 3.8) is 0 Å². The summed E-state index contributed by atoms with van der Waals surface area (Å²) in [6.07, 6.45) is 2.89. The van der Waals surface area contributed by atoms with Crippen molar-refractivity contribution in [2.45, 2.75) is 13.0 Å². The Morgan fingerprint density at radius 3 is 2.64 bits per heavy atom. The summed E-state index contributed by atoms with van der Waals surface area (Å²) in [5.41, 5.74) is 3.55. The number of para-hydroxylation sites is 1. The maximum atomic E-state index is 8.36. The third kappa shape index (κ3) is 3.32. The lowest BCUT2D eigenvalue weighted by molar-refractivity contribution is -0.122. The number of carboxylic acid groups (broad SMARTS) is 1. The van der Waals surface area contributed by atoms with Gasteiger partial charge in [-0.15, -0.1) is 0 Å². The van der Waals surface area contributed by atoms with Crippen LogP contribution in [0.4, 0.5) is 5.69 Å². The number of rotatable bonds is 4. The van der Waals surface area contributed by atoms with Crippen LogP contribution in [-0.4, -0.2) is 33.7 Å². The molecular formula is C22H20N4O2. The van der Waals surface area contributed by atoms with Crippen LogP contribution in [0, 0.1) is 0 Å². The summed E-state index contributed by atoms with van der Waals surface area (Å²) < 4.78 is 2.06. The first-order chi connectivity index (χ1) is 13.8. The van der Waals surface area contributed by atoms with E-state index in [0.29, 0.717) is 0 Å². The maximum absolute atomic E-state index is 8.36. The third-order valence-electron chi connectivity index (χ3n) is 4.76. The van der Waals surface area contributed by atoms with Gasteiger partial charge < -0.3 is 10.4 Å². The lowest BCUT2D eigenvalue weighted by atomic mass is 10.1. The van der Waals surface area contributed by atoms with Crippen LogP contribution >= 0.6 is 0 Å². The summed E-state index contributed by atoms with van der Waals surface area (Å²) in [5, 5.41) is 18.6. The Balaban J connectivity index is 0.000000604. The van der Waals surface area contributed by atoms with E-state index in [1.54, 1.807) is 0 Å². The highest BCUT2D eigenvalue weighted by Gasteiger charge is 2.18. The van der Waals surface area contributed by atoms with E-state index in [2.05, 4.69) is 69.7 Å². The van der Waals surface area contributed by atoms with Crippen molar-refractivity contribution in [1.29, 1.82) is 0 Å². The number of nitrogens with zero attached hydrogens (tertiary/aromatic N) is 3. The van der Waals surface area contributed by atoms with Crippen molar-refractivity contribution in [2.24, 2.45) is 4.99 Å². The second kappa shape index (κ2) is 7.92. The largest absolute Gasteiger partial charge is 0.483 e. The van der Waals surface area contributed by atoms with Crippen LogP contribution in [0.15, 0.2) is 71.9 Å². The Morgan fingerprint density at radius 1 is 1.04 bits per heavy atom. The monoisotopic (exact) mass is 372 g/mol. The number of carbonyl (C=O) groups is 1. The summed E-state index contributed by atoms with van der Waals surface area (Å²) in [6.45, 7) is 1.41. The molecule has 0 radical (unpaired) electrons. The number of anilines is 1. The molecule has 5 rings (SSSR count). The molecule has 0 unspecified atom stereocenters. The molecule has 6 nitrogen and oxygen atoms in total. The van der Waals surface area contributed by atoms with Crippen molar-refractivity contribution >= 4 is 39.7 Å².